The summed E-state index contributed by atoms with van der Waals surface area (Å²) >= 11 is 0. The fourth-order valence-electron chi connectivity index (χ4n) is 2.43. The van der Waals surface area contributed by atoms with Crippen LogP contribution in [0.2, 0.25) is 0 Å². The summed E-state index contributed by atoms with van der Waals surface area (Å²) in [5, 5.41) is 3.35. The molecule has 0 aliphatic carbocycles. The molecule has 0 spiro atoms. The van der Waals surface area contributed by atoms with Gasteiger partial charge in [0.15, 0.2) is 0 Å². The second kappa shape index (κ2) is 8.35. The van der Waals surface area contributed by atoms with Gasteiger partial charge in [0.1, 0.15) is 5.82 Å². The molecule has 0 radical (unpaired) electrons. The molecule has 2 rings (SSSR count). The SMILES string of the molecule is CCCNC(COCC1CCCO1)c1ccccc1F. The van der Waals surface area contributed by atoms with Crippen LogP contribution in [0.15, 0.2) is 24.3 Å². The minimum Gasteiger partial charge on any atom is -0.377 e. The highest BCUT2D eigenvalue weighted by Gasteiger charge is 2.18. The molecular formula is C16H24FNO2. The monoisotopic (exact) mass is 281 g/mol. The number of benzene rings is 1. The summed E-state index contributed by atoms with van der Waals surface area (Å²) in [4.78, 5) is 0. The molecule has 0 amide bonds. The Morgan fingerprint density at radius 2 is 2.30 bits per heavy atom. The maximum absolute atomic E-state index is 13.9. The normalized spacial score (nSPS) is 20.2. The fourth-order valence-corrected chi connectivity index (χ4v) is 2.43. The van der Waals surface area contributed by atoms with E-state index in [0.717, 1.165) is 32.4 Å². The average molecular weight is 281 g/mol. The standard InChI is InChI=1S/C16H24FNO2/c1-2-9-18-16(14-7-3-4-8-15(14)17)12-19-11-13-6-5-10-20-13/h3-4,7-8,13,16,18H,2,5-6,9-12H2,1H3. The van der Waals surface area contributed by atoms with E-state index >= 15 is 0 Å². The van der Waals surface area contributed by atoms with Crippen molar-refractivity contribution in [2.75, 3.05) is 26.4 Å². The van der Waals surface area contributed by atoms with Crippen LogP contribution in [0.5, 0.6) is 0 Å². The molecule has 112 valence electrons. The Kier molecular flexibility index (Phi) is 6.43. The summed E-state index contributed by atoms with van der Waals surface area (Å²) in [6.45, 7) is 4.85. The van der Waals surface area contributed by atoms with Crippen LogP contribution in [-0.2, 0) is 9.47 Å². The zero-order valence-electron chi connectivity index (χ0n) is 12.1. The van der Waals surface area contributed by atoms with Gasteiger partial charge in [-0.05, 0) is 31.9 Å². The van der Waals surface area contributed by atoms with Gasteiger partial charge in [0.05, 0.1) is 25.4 Å². The lowest BCUT2D eigenvalue weighted by Crippen LogP contribution is -2.28. The molecule has 1 saturated heterocycles. The van der Waals surface area contributed by atoms with Crippen molar-refractivity contribution in [3.63, 3.8) is 0 Å². The predicted octanol–water partition coefficient (Wildman–Crippen LogP) is 3.06. The minimum absolute atomic E-state index is 0.0995. The lowest BCUT2D eigenvalue weighted by Gasteiger charge is -2.20. The summed E-state index contributed by atoms with van der Waals surface area (Å²) in [6, 6.07) is 6.79. The molecule has 1 aromatic carbocycles. The van der Waals surface area contributed by atoms with E-state index in [1.165, 1.54) is 6.07 Å². The van der Waals surface area contributed by atoms with Crippen molar-refractivity contribution in [1.29, 1.82) is 0 Å². The highest BCUT2D eigenvalue weighted by atomic mass is 19.1. The van der Waals surface area contributed by atoms with Crippen LogP contribution in [0, 0.1) is 5.82 Å². The van der Waals surface area contributed by atoms with Crippen molar-refractivity contribution in [2.24, 2.45) is 0 Å². The molecule has 0 aromatic heterocycles. The van der Waals surface area contributed by atoms with Crippen LogP contribution >= 0.6 is 0 Å². The summed E-state index contributed by atoms with van der Waals surface area (Å²) < 4.78 is 25.1. The summed E-state index contributed by atoms with van der Waals surface area (Å²) in [5.41, 5.74) is 0.674. The minimum atomic E-state index is -0.179. The second-order valence-electron chi connectivity index (χ2n) is 5.20. The zero-order chi connectivity index (χ0) is 14.2. The van der Waals surface area contributed by atoms with E-state index in [1.54, 1.807) is 6.07 Å². The van der Waals surface area contributed by atoms with Gasteiger partial charge in [-0.15, -0.1) is 0 Å². The van der Waals surface area contributed by atoms with Crippen LogP contribution in [0.1, 0.15) is 37.8 Å². The van der Waals surface area contributed by atoms with Crippen LogP contribution in [-0.4, -0.2) is 32.5 Å². The summed E-state index contributed by atoms with van der Waals surface area (Å²) in [6.07, 6.45) is 3.39. The van der Waals surface area contributed by atoms with E-state index in [4.69, 9.17) is 9.47 Å². The van der Waals surface area contributed by atoms with Gasteiger partial charge in [-0.3, -0.25) is 0 Å². The second-order valence-corrected chi connectivity index (χ2v) is 5.20. The lowest BCUT2D eigenvalue weighted by atomic mass is 10.1. The van der Waals surface area contributed by atoms with Crippen LogP contribution < -0.4 is 5.32 Å². The number of hydrogen-bond acceptors (Lipinski definition) is 3. The molecule has 1 aliphatic rings. The summed E-state index contributed by atoms with van der Waals surface area (Å²) in [5.74, 6) is -0.179. The van der Waals surface area contributed by atoms with Gasteiger partial charge in [0, 0.05) is 12.2 Å². The van der Waals surface area contributed by atoms with E-state index in [1.807, 2.05) is 12.1 Å². The molecule has 1 aromatic rings. The van der Waals surface area contributed by atoms with E-state index in [0.29, 0.717) is 18.8 Å². The quantitative estimate of drug-likeness (QED) is 0.794. The Balaban J connectivity index is 1.87. The Hall–Kier alpha value is -0.970. The van der Waals surface area contributed by atoms with Crippen molar-refractivity contribution < 1.29 is 13.9 Å². The first-order valence-electron chi connectivity index (χ1n) is 7.48. The topological polar surface area (TPSA) is 30.5 Å². The Labute approximate surface area is 120 Å². The molecule has 1 heterocycles. The van der Waals surface area contributed by atoms with Gasteiger partial charge < -0.3 is 14.8 Å². The predicted molar refractivity (Wildman–Crippen MR) is 77.2 cm³/mol. The van der Waals surface area contributed by atoms with Crippen molar-refractivity contribution in [1.82, 2.24) is 5.32 Å². The maximum Gasteiger partial charge on any atom is 0.128 e. The highest BCUT2D eigenvalue weighted by molar-refractivity contribution is 5.21. The number of ether oxygens (including phenoxy) is 2. The lowest BCUT2D eigenvalue weighted by molar-refractivity contribution is 0.00971. The van der Waals surface area contributed by atoms with Crippen molar-refractivity contribution in [2.45, 2.75) is 38.3 Å². The number of halogens is 1. The first kappa shape index (κ1) is 15.4. The molecule has 3 nitrogen and oxygen atoms in total. The average Bonchev–Trinajstić information content (AvgIpc) is 2.97. The first-order valence-corrected chi connectivity index (χ1v) is 7.48. The van der Waals surface area contributed by atoms with E-state index in [-0.39, 0.29) is 18.0 Å². The molecular weight excluding hydrogens is 257 g/mol. The molecule has 20 heavy (non-hydrogen) atoms. The molecule has 1 N–H and O–H groups in total. The van der Waals surface area contributed by atoms with Gasteiger partial charge in [0.25, 0.3) is 0 Å². The molecule has 4 heteroatoms. The molecule has 1 fully saturated rings. The van der Waals surface area contributed by atoms with Crippen molar-refractivity contribution in [3.05, 3.63) is 35.6 Å². The molecule has 0 saturated carbocycles. The number of hydrogen-bond donors (Lipinski definition) is 1. The smallest absolute Gasteiger partial charge is 0.128 e. The van der Waals surface area contributed by atoms with E-state index < -0.39 is 0 Å². The first-order chi connectivity index (χ1) is 9.81. The molecule has 1 aliphatic heterocycles. The van der Waals surface area contributed by atoms with Crippen molar-refractivity contribution in [3.8, 4) is 0 Å². The Morgan fingerprint density at radius 1 is 1.45 bits per heavy atom. The van der Waals surface area contributed by atoms with Crippen LogP contribution in [0.3, 0.4) is 0 Å². The maximum atomic E-state index is 13.9. The third-order valence-corrected chi connectivity index (χ3v) is 3.53. The molecule has 2 atom stereocenters. The van der Waals surface area contributed by atoms with Gasteiger partial charge in [-0.25, -0.2) is 4.39 Å². The third kappa shape index (κ3) is 4.54. The Bertz CT molecular complexity index is 394. The highest BCUT2D eigenvalue weighted by Crippen LogP contribution is 2.18. The number of rotatable bonds is 8. The van der Waals surface area contributed by atoms with Gasteiger partial charge in [-0.2, -0.15) is 0 Å². The Morgan fingerprint density at radius 3 is 3.00 bits per heavy atom. The molecule has 2 unspecified atom stereocenters. The van der Waals surface area contributed by atoms with E-state index in [9.17, 15) is 4.39 Å². The van der Waals surface area contributed by atoms with E-state index in [2.05, 4.69) is 12.2 Å². The third-order valence-electron chi connectivity index (χ3n) is 3.53. The molecule has 0 bridgehead atoms. The van der Waals surface area contributed by atoms with Gasteiger partial charge >= 0.3 is 0 Å². The largest absolute Gasteiger partial charge is 0.377 e. The zero-order valence-corrected chi connectivity index (χ0v) is 12.1. The van der Waals surface area contributed by atoms with Gasteiger partial charge in [0.2, 0.25) is 0 Å². The van der Waals surface area contributed by atoms with Crippen LogP contribution in [0.25, 0.3) is 0 Å². The van der Waals surface area contributed by atoms with Gasteiger partial charge in [-0.1, -0.05) is 25.1 Å². The van der Waals surface area contributed by atoms with Crippen LogP contribution in [0.4, 0.5) is 4.39 Å². The number of nitrogens with one attached hydrogen (secondary N) is 1. The fraction of sp³-hybridized carbons (Fsp3) is 0.625. The summed E-state index contributed by atoms with van der Waals surface area (Å²) in [7, 11) is 0. The van der Waals surface area contributed by atoms with Crippen molar-refractivity contribution >= 4 is 0 Å².